The maximum absolute atomic E-state index is 12.7. The van der Waals surface area contributed by atoms with E-state index < -0.39 is 24.0 Å². The Balaban J connectivity index is 2.28. The van der Waals surface area contributed by atoms with Gasteiger partial charge in [-0.1, -0.05) is 30.3 Å². The summed E-state index contributed by atoms with van der Waals surface area (Å²) in [6, 6.07) is 12.9. The normalized spacial score (nSPS) is 11.2. The van der Waals surface area contributed by atoms with Crippen molar-refractivity contribution < 1.29 is 23.9 Å². The molecule has 3 amide bonds. The number of thioether (sulfide) groups is 1. The number of carbonyl (C=O) groups is 3. The second-order valence-corrected chi connectivity index (χ2v) is 6.49. The Kier molecular flexibility index (Phi) is 7.88. The molecule has 7 nitrogen and oxygen atoms in total. The fourth-order valence-electron chi connectivity index (χ4n) is 2.42. The number of carbonyl (C=O) groups excluding carboxylic acids is 3. The van der Waals surface area contributed by atoms with Gasteiger partial charge >= 0.3 is 12.0 Å². The highest BCUT2D eigenvalue weighted by Gasteiger charge is 2.28. The van der Waals surface area contributed by atoms with E-state index in [1.807, 2.05) is 6.26 Å². The molecular weight excluding hydrogens is 380 g/mol. The van der Waals surface area contributed by atoms with Crippen LogP contribution in [-0.4, -0.2) is 37.8 Å². The third-order valence-corrected chi connectivity index (χ3v) is 4.49. The van der Waals surface area contributed by atoms with Crippen molar-refractivity contribution in [2.24, 2.45) is 0 Å². The summed E-state index contributed by atoms with van der Waals surface area (Å²) in [5.74, 6) is -1.14. The lowest BCUT2D eigenvalue weighted by molar-refractivity contribution is -0.129. The molecule has 28 heavy (non-hydrogen) atoms. The Labute approximate surface area is 167 Å². The van der Waals surface area contributed by atoms with Gasteiger partial charge in [-0.25, -0.2) is 9.59 Å². The van der Waals surface area contributed by atoms with Gasteiger partial charge in [-0.3, -0.25) is 10.1 Å². The van der Waals surface area contributed by atoms with E-state index in [0.29, 0.717) is 17.9 Å². The standard InChI is InChI=1S/C20H22N2O5S/c1-4-21-20(25)22-18(23)17(13-8-6-5-7-9-13)27-19(24)15-11-10-14(28-3)12-16(15)26-2/h5-12,17H,4H2,1-3H3,(H2,21,22,23,25)/t17-/m1/s1. The highest BCUT2D eigenvalue weighted by molar-refractivity contribution is 7.98. The zero-order valence-electron chi connectivity index (χ0n) is 15.9. The molecule has 0 spiro atoms. The van der Waals surface area contributed by atoms with E-state index in [4.69, 9.17) is 9.47 Å². The van der Waals surface area contributed by atoms with E-state index in [0.717, 1.165) is 4.90 Å². The molecule has 0 saturated carbocycles. The second kappa shape index (κ2) is 10.4. The SMILES string of the molecule is CCNC(=O)NC(=O)[C@H](OC(=O)c1ccc(SC)cc1OC)c1ccccc1. The average Bonchev–Trinajstić information content (AvgIpc) is 2.71. The second-order valence-electron chi connectivity index (χ2n) is 5.61. The van der Waals surface area contributed by atoms with E-state index in [1.165, 1.54) is 18.9 Å². The van der Waals surface area contributed by atoms with Gasteiger partial charge in [-0.15, -0.1) is 11.8 Å². The van der Waals surface area contributed by atoms with Gasteiger partial charge in [-0.05, 0) is 31.4 Å². The largest absolute Gasteiger partial charge is 0.496 e. The van der Waals surface area contributed by atoms with Crippen molar-refractivity contribution in [3.8, 4) is 5.75 Å². The van der Waals surface area contributed by atoms with Crippen LogP contribution in [-0.2, 0) is 9.53 Å². The minimum absolute atomic E-state index is 0.187. The highest BCUT2D eigenvalue weighted by atomic mass is 32.2. The van der Waals surface area contributed by atoms with Crippen molar-refractivity contribution >= 4 is 29.7 Å². The van der Waals surface area contributed by atoms with E-state index in [1.54, 1.807) is 55.5 Å². The molecular formula is C20H22N2O5S. The summed E-state index contributed by atoms with van der Waals surface area (Å²) >= 11 is 1.51. The number of esters is 1. The lowest BCUT2D eigenvalue weighted by atomic mass is 10.1. The first-order valence-corrected chi connectivity index (χ1v) is 9.79. The fraction of sp³-hybridized carbons (Fsp3) is 0.250. The smallest absolute Gasteiger partial charge is 0.343 e. The van der Waals surface area contributed by atoms with Gasteiger partial charge in [-0.2, -0.15) is 0 Å². The van der Waals surface area contributed by atoms with Crippen molar-refractivity contribution in [2.45, 2.75) is 17.9 Å². The molecule has 2 N–H and O–H groups in total. The number of benzene rings is 2. The van der Waals surface area contributed by atoms with Gasteiger partial charge in [0.15, 0.2) is 0 Å². The number of urea groups is 1. The molecule has 0 radical (unpaired) electrons. The van der Waals surface area contributed by atoms with Crippen molar-refractivity contribution in [3.63, 3.8) is 0 Å². The lowest BCUT2D eigenvalue weighted by Gasteiger charge is -2.18. The number of ether oxygens (including phenoxy) is 2. The third kappa shape index (κ3) is 5.50. The van der Waals surface area contributed by atoms with Crippen molar-refractivity contribution in [1.82, 2.24) is 10.6 Å². The first-order valence-electron chi connectivity index (χ1n) is 8.56. The molecule has 0 bridgehead atoms. The molecule has 0 aliphatic rings. The molecule has 0 saturated heterocycles. The van der Waals surface area contributed by atoms with E-state index in [-0.39, 0.29) is 5.56 Å². The number of hydrogen-bond acceptors (Lipinski definition) is 6. The van der Waals surface area contributed by atoms with Crippen LogP contribution in [0.2, 0.25) is 0 Å². The first kappa shape index (κ1) is 21.3. The molecule has 8 heteroatoms. The van der Waals surface area contributed by atoms with Crippen molar-refractivity contribution in [2.75, 3.05) is 19.9 Å². The summed E-state index contributed by atoms with van der Waals surface area (Å²) in [4.78, 5) is 37.9. The molecule has 0 fully saturated rings. The molecule has 0 aromatic heterocycles. The van der Waals surface area contributed by atoms with Crippen LogP contribution >= 0.6 is 11.8 Å². The summed E-state index contributed by atoms with van der Waals surface area (Å²) in [6.45, 7) is 2.08. The Morgan fingerprint density at radius 2 is 1.82 bits per heavy atom. The number of imide groups is 1. The molecule has 0 heterocycles. The topological polar surface area (TPSA) is 93.7 Å². The predicted octanol–water partition coefficient (Wildman–Crippen LogP) is 3.16. The number of rotatable bonds is 7. The van der Waals surface area contributed by atoms with Crippen molar-refractivity contribution in [1.29, 1.82) is 0 Å². The number of hydrogen-bond donors (Lipinski definition) is 2. The third-order valence-electron chi connectivity index (χ3n) is 3.77. The number of methoxy groups -OCH3 is 1. The monoisotopic (exact) mass is 402 g/mol. The van der Waals surface area contributed by atoms with Crippen LogP contribution in [0.4, 0.5) is 4.79 Å². The van der Waals surface area contributed by atoms with Crippen LogP contribution in [0.25, 0.3) is 0 Å². The highest BCUT2D eigenvalue weighted by Crippen LogP contribution is 2.28. The van der Waals surface area contributed by atoms with Crippen LogP contribution in [0.3, 0.4) is 0 Å². The van der Waals surface area contributed by atoms with Gasteiger partial charge in [0.1, 0.15) is 11.3 Å². The summed E-state index contributed by atoms with van der Waals surface area (Å²) in [5.41, 5.74) is 0.629. The summed E-state index contributed by atoms with van der Waals surface area (Å²) in [7, 11) is 1.45. The van der Waals surface area contributed by atoms with E-state index >= 15 is 0 Å². The number of amides is 3. The molecule has 0 aliphatic heterocycles. The van der Waals surface area contributed by atoms with Gasteiger partial charge in [0.05, 0.1) is 7.11 Å². The maximum Gasteiger partial charge on any atom is 0.343 e. The molecule has 0 aliphatic carbocycles. The zero-order chi connectivity index (χ0) is 20.5. The Morgan fingerprint density at radius 3 is 2.43 bits per heavy atom. The quantitative estimate of drug-likeness (QED) is 0.546. The van der Waals surface area contributed by atoms with Crippen LogP contribution in [0.5, 0.6) is 5.75 Å². The Hall–Kier alpha value is -3.00. The zero-order valence-corrected chi connectivity index (χ0v) is 16.7. The first-order chi connectivity index (χ1) is 13.5. The van der Waals surface area contributed by atoms with Gasteiger partial charge in [0.25, 0.3) is 5.91 Å². The maximum atomic E-state index is 12.7. The minimum Gasteiger partial charge on any atom is -0.496 e. The van der Waals surface area contributed by atoms with Gasteiger partial charge < -0.3 is 14.8 Å². The Morgan fingerprint density at radius 1 is 1.11 bits per heavy atom. The molecule has 2 rings (SSSR count). The molecule has 2 aromatic carbocycles. The number of nitrogens with one attached hydrogen (secondary N) is 2. The van der Waals surface area contributed by atoms with Crippen molar-refractivity contribution in [3.05, 3.63) is 59.7 Å². The average molecular weight is 402 g/mol. The van der Waals surface area contributed by atoms with Crippen LogP contribution in [0, 0.1) is 0 Å². The molecule has 1 atom stereocenters. The van der Waals surface area contributed by atoms with Crippen LogP contribution < -0.4 is 15.4 Å². The molecule has 148 valence electrons. The summed E-state index contributed by atoms with van der Waals surface area (Å²) in [6.07, 6.45) is 0.616. The van der Waals surface area contributed by atoms with E-state index in [9.17, 15) is 14.4 Å². The lowest BCUT2D eigenvalue weighted by Crippen LogP contribution is -2.42. The van der Waals surface area contributed by atoms with Gasteiger partial charge in [0, 0.05) is 17.0 Å². The van der Waals surface area contributed by atoms with Crippen LogP contribution in [0.1, 0.15) is 28.9 Å². The molecule has 0 unspecified atom stereocenters. The Bertz CT molecular complexity index is 842. The predicted molar refractivity (Wildman–Crippen MR) is 107 cm³/mol. The van der Waals surface area contributed by atoms with Crippen LogP contribution in [0.15, 0.2) is 53.4 Å². The van der Waals surface area contributed by atoms with Gasteiger partial charge in [0.2, 0.25) is 6.10 Å². The summed E-state index contributed by atoms with van der Waals surface area (Å²) < 4.78 is 10.7. The minimum atomic E-state index is -1.29. The fourth-order valence-corrected chi connectivity index (χ4v) is 2.85. The van der Waals surface area contributed by atoms with E-state index in [2.05, 4.69) is 10.6 Å². The summed E-state index contributed by atoms with van der Waals surface area (Å²) in [5, 5.41) is 4.65. The molecule has 2 aromatic rings.